The van der Waals surface area contributed by atoms with Gasteiger partial charge in [0.15, 0.2) is 0 Å². The molecule has 1 aliphatic carbocycles. The highest BCUT2D eigenvalue weighted by molar-refractivity contribution is 5.98. The molecule has 3 aliphatic rings. The van der Waals surface area contributed by atoms with Gasteiger partial charge in [-0.25, -0.2) is 4.98 Å². The maximum Gasteiger partial charge on any atom is 0.387 e. The minimum absolute atomic E-state index is 0.0273. The summed E-state index contributed by atoms with van der Waals surface area (Å²) in [5.41, 5.74) is 12.7. The lowest BCUT2D eigenvalue weighted by molar-refractivity contribution is -0.0507. The van der Waals surface area contributed by atoms with Crippen LogP contribution in [-0.2, 0) is 12.0 Å². The number of ether oxygens (including phenoxy) is 1. The van der Waals surface area contributed by atoms with Gasteiger partial charge >= 0.3 is 6.61 Å². The molecule has 2 N–H and O–H groups in total. The SMILES string of the molecule is CN1C(=O)c2cccc(OC(F)F)c2[C@H]2C[C@@H]1c1nc3ccc(-c4cnc5c(c4)CCCC5(C)N)cc3n12. The molecule has 2 aliphatic heterocycles. The molecule has 2 aromatic carbocycles. The normalized spacial score (nSPS) is 23.8. The second-order valence-corrected chi connectivity index (χ2v) is 10.8. The first kappa shape index (κ1) is 23.3. The number of hydrogen-bond donors (Lipinski definition) is 1. The molecule has 2 aromatic heterocycles. The minimum Gasteiger partial charge on any atom is -0.434 e. The molecule has 0 saturated heterocycles. The van der Waals surface area contributed by atoms with Crippen LogP contribution in [0.3, 0.4) is 0 Å². The number of halogens is 2. The van der Waals surface area contributed by atoms with Crippen LogP contribution in [0.1, 0.15) is 71.3 Å². The van der Waals surface area contributed by atoms with Crippen LogP contribution in [0.4, 0.5) is 8.78 Å². The second kappa shape index (κ2) is 8.07. The summed E-state index contributed by atoms with van der Waals surface area (Å²) in [6.07, 6.45) is 5.30. The fourth-order valence-electron chi connectivity index (χ4n) is 6.60. The number of pyridine rings is 1. The van der Waals surface area contributed by atoms with Gasteiger partial charge in [-0.05, 0) is 67.6 Å². The molecule has 0 saturated carbocycles. The summed E-state index contributed by atoms with van der Waals surface area (Å²) in [5.74, 6) is 0.552. The van der Waals surface area contributed by atoms with E-state index in [1.807, 2.05) is 25.3 Å². The monoisotopic (exact) mass is 515 g/mol. The smallest absolute Gasteiger partial charge is 0.387 e. The Kier molecular flexibility index (Phi) is 4.95. The van der Waals surface area contributed by atoms with Crippen LogP contribution in [0, 0.1) is 0 Å². The Balaban J connectivity index is 1.40. The van der Waals surface area contributed by atoms with Crippen molar-refractivity contribution in [3.63, 3.8) is 0 Å². The van der Waals surface area contributed by atoms with Crippen LogP contribution >= 0.6 is 0 Å². The van der Waals surface area contributed by atoms with Gasteiger partial charge < -0.3 is 19.9 Å². The highest BCUT2D eigenvalue weighted by Crippen LogP contribution is 2.50. The summed E-state index contributed by atoms with van der Waals surface area (Å²) in [5, 5.41) is 0. The standard InChI is InChI=1S/C29H27F2N5O2/c1-29(32)10-4-5-16-11-17(14-33-25(16)29)15-8-9-19-20(12-15)36-21-13-22(26(36)34-19)35(2)27(37)18-6-3-7-23(24(18)21)38-28(30)31/h3,6-9,11-12,14,21-22,28H,4-5,10,13,32H2,1-2H3/t21-,22-,29?/m1/s1. The van der Waals surface area contributed by atoms with Crippen LogP contribution in [0.15, 0.2) is 48.7 Å². The predicted molar refractivity (Wildman–Crippen MR) is 138 cm³/mol. The molecule has 7 rings (SSSR count). The van der Waals surface area contributed by atoms with E-state index in [2.05, 4.69) is 16.7 Å². The van der Waals surface area contributed by atoms with E-state index in [4.69, 9.17) is 20.4 Å². The number of alkyl halides is 2. The van der Waals surface area contributed by atoms with Crippen LogP contribution in [0.2, 0.25) is 0 Å². The zero-order valence-corrected chi connectivity index (χ0v) is 21.1. The van der Waals surface area contributed by atoms with Gasteiger partial charge in [0.1, 0.15) is 11.6 Å². The van der Waals surface area contributed by atoms with Gasteiger partial charge in [0.25, 0.3) is 5.91 Å². The van der Waals surface area contributed by atoms with Crippen LogP contribution in [-0.4, -0.2) is 39.0 Å². The number of fused-ring (bicyclic) bond motifs is 10. The Bertz CT molecular complexity index is 1630. The molecular formula is C29H27F2N5O2. The van der Waals surface area contributed by atoms with Crippen LogP contribution < -0.4 is 10.5 Å². The maximum atomic E-state index is 13.4. The zero-order chi connectivity index (χ0) is 26.3. The molecule has 0 radical (unpaired) electrons. The minimum atomic E-state index is -2.99. The first-order valence-electron chi connectivity index (χ1n) is 12.9. The molecule has 9 heteroatoms. The first-order valence-corrected chi connectivity index (χ1v) is 12.9. The van der Waals surface area contributed by atoms with Gasteiger partial charge in [0, 0.05) is 36.4 Å². The Labute approximate surface area is 218 Å². The molecule has 3 atom stereocenters. The Hall–Kier alpha value is -3.85. The lowest BCUT2D eigenvalue weighted by Gasteiger charge is -2.31. The molecule has 4 heterocycles. The number of nitrogens with two attached hydrogens (primary N) is 1. The summed E-state index contributed by atoms with van der Waals surface area (Å²) < 4.78 is 33.7. The lowest BCUT2D eigenvalue weighted by atomic mass is 9.81. The topological polar surface area (TPSA) is 86.3 Å². The number of amides is 1. The molecular weight excluding hydrogens is 488 g/mol. The molecule has 1 amide bonds. The number of carbonyl (C=O) groups is 1. The van der Waals surface area contributed by atoms with E-state index in [1.54, 1.807) is 24.1 Å². The van der Waals surface area contributed by atoms with Crippen molar-refractivity contribution in [2.24, 2.45) is 5.73 Å². The average Bonchev–Trinajstić information content (AvgIpc) is 3.41. The Morgan fingerprint density at radius 1 is 1.16 bits per heavy atom. The van der Waals surface area contributed by atoms with Crippen molar-refractivity contribution in [2.45, 2.75) is 56.8 Å². The van der Waals surface area contributed by atoms with Crippen molar-refractivity contribution >= 4 is 16.9 Å². The predicted octanol–water partition coefficient (Wildman–Crippen LogP) is 5.33. The lowest BCUT2D eigenvalue weighted by Crippen LogP contribution is -2.37. The summed E-state index contributed by atoms with van der Waals surface area (Å²) >= 11 is 0. The summed E-state index contributed by atoms with van der Waals surface area (Å²) in [6.45, 7) is -0.960. The Morgan fingerprint density at radius 2 is 2.00 bits per heavy atom. The van der Waals surface area contributed by atoms with Crippen molar-refractivity contribution in [1.29, 1.82) is 0 Å². The second-order valence-electron chi connectivity index (χ2n) is 10.8. The molecule has 38 heavy (non-hydrogen) atoms. The van der Waals surface area contributed by atoms with E-state index in [0.29, 0.717) is 17.5 Å². The summed E-state index contributed by atoms with van der Waals surface area (Å²) in [6, 6.07) is 12.4. The molecule has 0 fully saturated rings. The van der Waals surface area contributed by atoms with Gasteiger partial charge in [-0.3, -0.25) is 9.78 Å². The number of carbonyl (C=O) groups excluding carboxylic acids is 1. The molecule has 1 unspecified atom stereocenters. The molecule has 194 valence electrons. The number of rotatable bonds is 3. The van der Waals surface area contributed by atoms with E-state index in [-0.39, 0.29) is 23.7 Å². The first-order chi connectivity index (χ1) is 18.2. The summed E-state index contributed by atoms with van der Waals surface area (Å²) in [4.78, 5) is 24.6. The van der Waals surface area contributed by atoms with E-state index in [9.17, 15) is 13.6 Å². The molecule has 0 spiro atoms. The van der Waals surface area contributed by atoms with E-state index < -0.39 is 12.2 Å². The maximum absolute atomic E-state index is 13.4. The van der Waals surface area contributed by atoms with Crippen molar-refractivity contribution < 1.29 is 18.3 Å². The molecule has 2 bridgehead atoms. The van der Waals surface area contributed by atoms with Gasteiger partial charge in [-0.2, -0.15) is 8.78 Å². The van der Waals surface area contributed by atoms with Gasteiger partial charge in [0.05, 0.1) is 34.3 Å². The molecule has 7 nitrogen and oxygen atoms in total. The van der Waals surface area contributed by atoms with Crippen molar-refractivity contribution in [2.75, 3.05) is 7.05 Å². The van der Waals surface area contributed by atoms with Crippen molar-refractivity contribution in [3.8, 4) is 16.9 Å². The fourth-order valence-corrected chi connectivity index (χ4v) is 6.60. The third-order valence-electron chi connectivity index (χ3n) is 8.39. The highest BCUT2D eigenvalue weighted by Gasteiger charge is 2.45. The van der Waals surface area contributed by atoms with E-state index in [1.165, 1.54) is 11.6 Å². The highest BCUT2D eigenvalue weighted by atomic mass is 19.3. The van der Waals surface area contributed by atoms with Gasteiger partial charge in [-0.15, -0.1) is 0 Å². The van der Waals surface area contributed by atoms with Crippen molar-refractivity contribution in [1.82, 2.24) is 19.4 Å². The number of imidazole rings is 1. The van der Waals surface area contributed by atoms with E-state index in [0.717, 1.165) is 52.9 Å². The van der Waals surface area contributed by atoms with E-state index >= 15 is 0 Å². The van der Waals surface area contributed by atoms with Crippen molar-refractivity contribution in [3.05, 3.63) is 76.9 Å². The quantitative estimate of drug-likeness (QED) is 0.399. The summed E-state index contributed by atoms with van der Waals surface area (Å²) in [7, 11) is 1.74. The van der Waals surface area contributed by atoms with Crippen LogP contribution in [0.5, 0.6) is 5.75 Å². The third kappa shape index (κ3) is 3.31. The third-order valence-corrected chi connectivity index (χ3v) is 8.39. The largest absolute Gasteiger partial charge is 0.434 e. The molecule has 4 aromatic rings. The number of benzene rings is 2. The van der Waals surface area contributed by atoms with Crippen LogP contribution in [0.25, 0.3) is 22.2 Å². The number of nitrogens with zero attached hydrogens (tertiary/aromatic N) is 4. The zero-order valence-electron chi connectivity index (χ0n) is 21.1. The number of aryl methyl sites for hydroxylation is 1. The fraction of sp³-hybridized carbons (Fsp3) is 0.345. The van der Waals surface area contributed by atoms with Gasteiger partial charge in [0.2, 0.25) is 0 Å². The number of aromatic nitrogens is 3. The Morgan fingerprint density at radius 3 is 2.82 bits per heavy atom. The van der Waals surface area contributed by atoms with Gasteiger partial charge in [-0.1, -0.05) is 12.1 Å². The average molecular weight is 516 g/mol. The number of hydrogen-bond acceptors (Lipinski definition) is 5.